The molecule has 0 aromatic heterocycles. The van der Waals surface area contributed by atoms with Crippen LogP contribution in [0.3, 0.4) is 0 Å². The average molecular weight is 301 g/mol. The van der Waals surface area contributed by atoms with Crippen LogP contribution >= 0.6 is 0 Å². The normalized spacial score (nSPS) is 16.0. The van der Waals surface area contributed by atoms with Crippen molar-refractivity contribution in [3.8, 4) is 0 Å². The number of carboxylic acid groups (broad SMARTS) is 1. The summed E-state index contributed by atoms with van der Waals surface area (Å²) in [6.07, 6.45) is -0.657. The molecule has 1 aliphatic rings. The van der Waals surface area contributed by atoms with Gasteiger partial charge in [-0.1, -0.05) is 0 Å². The number of morpholine rings is 1. The zero-order chi connectivity index (χ0) is 15.8. The van der Waals surface area contributed by atoms with E-state index in [-0.39, 0.29) is 18.7 Å². The van der Waals surface area contributed by atoms with Crippen LogP contribution in [-0.4, -0.2) is 66.2 Å². The Morgan fingerprint density at radius 1 is 1.19 bits per heavy atom. The lowest BCUT2D eigenvalue weighted by Gasteiger charge is -2.29. The van der Waals surface area contributed by atoms with Crippen LogP contribution in [0, 0.1) is 0 Å². The third-order valence-corrected chi connectivity index (χ3v) is 2.86. The molecule has 1 fully saturated rings. The Morgan fingerprint density at radius 2 is 1.81 bits per heavy atom. The largest absolute Gasteiger partial charge is 0.481 e. The molecular formula is C12H19N3O6. The van der Waals surface area contributed by atoms with E-state index in [1.165, 1.54) is 6.92 Å². The SMILES string of the molecule is CC(NC(=O)NC(=O)CCC(=O)O)C(=O)N1CCOCC1. The van der Waals surface area contributed by atoms with Crippen LogP contribution in [0.1, 0.15) is 19.8 Å². The number of carboxylic acids is 1. The van der Waals surface area contributed by atoms with Crippen LogP contribution in [0.25, 0.3) is 0 Å². The van der Waals surface area contributed by atoms with Gasteiger partial charge >= 0.3 is 12.0 Å². The molecule has 0 bridgehead atoms. The third kappa shape index (κ3) is 6.21. The Kier molecular flexibility index (Phi) is 6.60. The molecule has 0 radical (unpaired) electrons. The number of nitrogens with one attached hydrogen (secondary N) is 2. The van der Waals surface area contributed by atoms with Crippen molar-refractivity contribution in [2.45, 2.75) is 25.8 Å². The number of amides is 4. The molecule has 118 valence electrons. The molecule has 1 saturated heterocycles. The van der Waals surface area contributed by atoms with Crippen LogP contribution < -0.4 is 10.6 Å². The second-order valence-electron chi connectivity index (χ2n) is 4.57. The number of imide groups is 1. The minimum absolute atomic E-state index is 0.258. The fourth-order valence-electron chi connectivity index (χ4n) is 1.76. The summed E-state index contributed by atoms with van der Waals surface area (Å²) in [6.45, 7) is 3.35. The number of aliphatic carboxylic acids is 1. The lowest BCUT2D eigenvalue weighted by Crippen LogP contribution is -2.53. The first-order chi connectivity index (χ1) is 9.90. The lowest BCUT2D eigenvalue weighted by molar-refractivity contribution is -0.138. The first-order valence-corrected chi connectivity index (χ1v) is 6.59. The highest BCUT2D eigenvalue weighted by molar-refractivity contribution is 5.97. The van der Waals surface area contributed by atoms with Gasteiger partial charge in [0.05, 0.1) is 19.6 Å². The second-order valence-corrected chi connectivity index (χ2v) is 4.57. The van der Waals surface area contributed by atoms with Gasteiger partial charge in [-0.15, -0.1) is 0 Å². The van der Waals surface area contributed by atoms with Crippen molar-refractivity contribution in [1.29, 1.82) is 0 Å². The summed E-state index contributed by atoms with van der Waals surface area (Å²) in [7, 11) is 0. The molecule has 1 aliphatic heterocycles. The van der Waals surface area contributed by atoms with E-state index in [1.807, 2.05) is 5.32 Å². The van der Waals surface area contributed by atoms with E-state index in [0.29, 0.717) is 26.3 Å². The van der Waals surface area contributed by atoms with Crippen LogP contribution in [0.5, 0.6) is 0 Å². The molecule has 1 atom stereocenters. The summed E-state index contributed by atoms with van der Waals surface area (Å²) >= 11 is 0. The maximum atomic E-state index is 12.0. The first kappa shape index (κ1) is 16.9. The van der Waals surface area contributed by atoms with Gasteiger partial charge in [-0.25, -0.2) is 4.79 Å². The summed E-state index contributed by atoms with van der Waals surface area (Å²) in [5.74, 6) is -2.09. The summed E-state index contributed by atoms with van der Waals surface area (Å²) in [6, 6.07) is -1.60. The van der Waals surface area contributed by atoms with Gasteiger partial charge in [0, 0.05) is 19.5 Å². The zero-order valence-electron chi connectivity index (χ0n) is 11.8. The molecule has 3 N–H and O–H groups in total. The second kappa shape index (κ2) is 8.20. The topological polar surface area (TPSA) is 125 Å². The molecular weight excluding hydrogens is 282 g/mol. The first-order valence-electron chi connectivity index (χ1n) is 6.59. The van der Waals surface area contributed by atoms with Gasteiger partial charge < -0.3 is 20.1 Å². The van der Waals surface area contributed by atoms with Crippen molar-refractivity contribution in [2.24, 2.45) is 0 Å². The van der Waals surface area contributed by atoms with Gasteiger partial charge in [-0.2, -0.15) is 0 Å². The van der Waals surface area contributed by atoms with Gasteiger partial charge in [0.15, 0.2) is 0 Å². The Hall–Kier alpha value is -2.16. The highest BCUT2D eigenvalue weighted by Crippen LogP contribution is 2.00. The molecule has 0 aromatic carbocycles. The van der Waals surface area contributed by atoms with Crippen molar-refractivity contribution in [3.63, 3.8) is 0 Å². The standard InChI is InChI=1S/C12H19N3O6/c1-8(11(19)15-4-6-21-7-5-15)13-12(20)14-9(16)2-3-10(17)18/h8H,2-7H2,1H3,(H,17,18)(H2,13,14,16,20). The fraction of sp³-hybridized carbons (Fsp3) is 0.667. The van der Waals surface area contributed by atoms with E-state index in [2.05, 4.69) is 5.32 Å². The molecule has 1 heterocycles. The van der Waals surface area contributed by atoms with E-state index < -0.39 is 23.9 Å². The van der Waals surface area contributed by atoms with Gasteiger partial charge in [-0.05, 0) is 6.92 Å². The van der Waals surface area contributed by atoms with Crippen LogP contribution in [-0.2, 0) is 19.1 Å². The zero-order valence-corrected chi connectivity index (χ0v) is 11.8. The number of carbonyl (C=O) groups is 4. The van der Waals surface area contributed by atoms with Crippen molar-refractivity contribution < 1.29 is 29.0 Å². The van der Waals surface area contributed by atoms with E-state index in [0.717, 1.165) is 0 Å². The number of carbonyl (C=O) groups excluding carboxylic acids is 3. The minimum Gasteiger partial charge on any atom is -0.481 e. The highest BCUT2D eigenvalue weighted by atomic mass is 16.5. The number of urea groups is 1. The average Bonchev–Trinajstić information content (AvgIpc) is 2.45. The minimum atomic E-state index is -1.12. The van der Waals surface area contributed by atoms with Gasteiger partial charge in [0.2, 0.25) is 11.8 Å². The smallest absolute Gasteiger partial charge is 0.322 e. The molecule has 9 nitrogen and oxygen atoms in total. The van der Waals surface area contributed by atoms with E-state index in [9.17, 15) is 19.2 Å². The fourth-order valence-corrected chi connectivity index (χ4v) is 1.76. The van der Waals surface area contributed by atoms with Crippen molar-refractivity contribution >= 4 is 23.8 Å². The Labute approximate surface area is 121 Å². The third-order valence-electron chi connectivity index (χ3n) is 2.86. The number of nitrogens with zero attached hydrogens (tertiary/aromatic N) is 1. The van der Waals surface area contributed by atoms with Crippen LogP contribution in [0.2, 0.25) is 0 Å². The van der Waals surface area contributed by atoms with Crippen LogP contribution in [0.4, 0.5) is 4.79 Å². The van der Waals surface area contributed by atoms with E-state index in [4.69, 9.17) is 9.84 Å². The maximum absolute atomic E-state index is 12.0. The van der Waals surface area contributed by atoms with E-state index in [1.54, 1.807) is 4.90 Å². The summed E-state index contributed by atoms with van der Waals surface area (Å²) in [5.41, 5.74) is 0. The molecule has 1 rings (SSSR count). The Morgan fingerprint density at radius 3 is 2.38 bits per heavy atom. The number of rotatable bonds is 5. The van der Waals surface area contributed by atoms with Crippen molar-refractivity contribution in [3.05, 3.63) is 0 Å². The molecule has 1 unspecified atom stereocenters. The highest BCUT2D eigenvalue weighted by Gasteiger charge is 2.24. The molecule has 0 saturated carbocycles. The number of hydrogen-bond donors (Lipinski definition) is 3. The van der Waals surface area contributed by atoms with E-state index >= 15 is 0 Å². The Balaban J connectivity index is 2.33. The quantitative estimate of drug-likeness (QED) is 0.593. The lowest BCUT2D eigenvalue weighted by atomic mass is 10.2. The monoisotopic (exact) mass is 301 g/mol. The van der Waals surface area contributed by atoms with Crippen molar-refractivity contribution in [2.75, 3.05) is 26.3 Å². The number of hydrogen-bond acceptors (Lipinski definition) is 5. The summed E-state index contributed by atoms with van der Waals surface area (Å²) < 4.78 is 5.12. The molecule has 9 heteroatoms. The predicted molar refractivity (Wildman–Crippen MR) is 70.4 cm³/mol. The van der Waals surface area contributed by atoms with Gasteiger partial charge in [0.25, 0.3) is 0 Å². The Bertz CT molecular complexity index is 419. The molecule has 0 aliphatic carbocycles. The summed E-state index contributed by atoms with van der Waals surface area (Å²) in [5, 5.41) is 12.7. The van der Waals surface area contributed by atoms with Gasteiger partial charge in [-0.3, -0.25) is 19.7 Å². The van der Waals surface area contributed by atoms with Gasteiger partial charge in [0.1, 0.15) is 6.04 Å². The molecule has 0 spiro atoms. The molecule has 21 heavy (non-hydrogen) atoms. The molecule has 4 amide bonds. The van der Waals surface area contributed by atoms with Crippen molar-refractivity contribution in [1.82, 2.24) is 15.5 Å². The summed E-state index contributed by atoms with van der Waals surface area (Å²) in [4.78, 5) is 46.6. The van der Waals surface area contributed by atoms with Crippen LogP contribution in [0.15, 0.2) is 0 Å². The maximum Gasteiger partial charge on any atom is 0.322 e. The predicted octanol–water partition coefficient (Wildman–Crippen LogP) is -1.08. The number of ether oxygens (including phenoxy) is 1. The molecule has 0 aromatic rings.